The van der Waals surface area contributed by atoms with Gasteiger partial charge < -0.3 is 0 Å². The lowest BCUT2D eigenvalue weighted by molar-refractivity contribution is -0.124. The van der Waals surface area contributed by atoms with Gasteiger partial charge in [-0.15, -0.1) is 0 Å². The number of nitrogens with zero attached hydrogens (tertiary/aromatic N) is 1. The number of fused-ring (bicyclic) bond motifs is 1. The molecule has 0 saturated heterocycles. The van der Waals surface area contributed by atoms with Crippen LogP contribution in [0.3, 0.4) is 0 Å². The van der Waals surface area contributed by atoms with Crippen molar-refractivity contribution in [2.75, 3.05) is 6.54 Å². The van der Waals surface area contributed by atoms with Crippen LogP contribution < -0.4 is 0 Å². The van der Waals surface area contributed by atoms with Crippen molar-refractivity contribution in [3.8, 4) is 0 Å². The number of hydrogen-bond donors (Lipinski definition) is 0. The van der Waals surface area contributed by atoms with Crippen LogP contribution in [0.2, 0.25) is 0 Å². The van der Waals surface area contributed by atoms with Crippen LogP contribution in [0.15, 0.2) is 24.3 Å². The number of Topliss-reactive ketones (excluding diaryl/α,β-unsaturated/α-hetero) is 1. The molecule has 2 amide bonds. The molecule has 0 bridgehead atoms. The monoisotopic (exact) mass is 231 g/mol. The SMILES string of the molecule is CC(C)CN1C(=O)C(=O)c2ccccc2C1=O. The standard InChI is InChI=1S/C13H13NO3/c1-8(2)7-14-12(16)10-6-4-3-5-9(10)11(15)13(14)17/h3-6,8H,7H2,1-2H3. The lowest BCUT2D eigenvalue weighted by Gasteiger charge is -2.26. The molecule has 0 saturated carbocycles. The number of ketones is 1. The highest BCUT2D eigenvalue weighted by molar-refractivity contribution is 6.49. The molecular formula is C13H13NO3. The van der Waals surface area contributed by atoms with Crippen molar-refractivity contribution < 1.29 is 14.4 Å². The predicted octanol–water partition coefficient (Wildman–Crippen LogP) is 1.51. The molecule has 0 N–H and O–H groups in total. The van der Waals surface area contributed by atoms with Gasteiger partial charge in [0.2, 0.25) is 0 Å². The molecule has 1 aliphatic heterocycles. The van der Waals surface area contributed by atoms with E-state index < -0.39 is 11.7 Å². The third kappa shape index (κ3) is 1.86. The molecule has 1 aromatic carbocycles. The third-order valence-corrected chi connectivity index (χ3v) is 2.63. The summed E-state index contributed by atoms with van der Waals surface area (Å²) in [6.07, 6.45) is 0. The predicted molar refractivity (Wildman–Crippen MR) is 61.7 cm³/mol. The van der Waals surface area contributed by atoms with E-state index in [2.05, 4.69) is 0 Å². The normalized spacial score (nSPS) is 15.5. The Hall–Kier alpha value is -1.97. The van der Waals surface area contributed by atoms with E-state index in [0.29, 0.717) is 5.56 Å². The number of amides is 2. The Kier molecular flexibility index (Phi) is 2.79. The Bertz CT molecular complexity index is 505. The van der Waals surface area contributed by atoms with Crippen LogP contribution in [0, 0.1) is 5.92 Å². The van der Waals surface area contributed by atoms with Crippen LogP contribution in [0.25, 0.3) is 0 Å². The van der Waals surface area contributed by atoms with Crippen molar-refractivity contribution in [2.24, 2.45) is 5.92 Å². The molecule has 1 aromatic rings. The van der Waals surface area contributed by atoms with E-state index >= 15 is 0 Å². The molecule has 2 rings (SSSR count). The van der Waals surface area contributed by atoms with Gasteiger partial charge in [-0.05, 0) is 12.0 Å². The van der Waals surface area contributed by atoms with Crippen LogP contribution in [0.4, 0.5) is 0 Å². The third-order valence-electron chi connectivity index (χ3n) is 2.63. The summed E-state index contributed by atoms with van der Waals surface area (Å²) in [5.74, 6) is -1.55. The molecule has 0 radical (unpaired) electrons. The molecule has 1 heterocycles. The summed E-state index contributed by atoms with van der Waals surface area (Å²) in [5, 5.41) is 0. The molecule has 4 heteroatoms. The Morgan fingerprint density at radius 3 is 2.18 bits per heavy atom. The molecule has 0 fully saturated rings. The van der Waals surface area contributed by atoms with Gasteiger partial charge in [0, 0.05) is 12.1 Å². The van der Waals surface area contributed by atoms with Gasteiger partial charge in [-0.25, -0.2) is 0 Å². The van der Waals surface area contributed by atoms with Crippen molar-refractivity contribution in [3.63, 3.8) is 0 Å². The van der Waals surface area contributed by atoms with E-state index in [0.717, 1.165) is 4.90 Å². The van der Waals surface area contributed by atoms with Crippen molar-refractivity contribution in [1.82, 2.24) is 4.90 Å². The lowest BCUT2D eigenvalue weighted by Crippen LogP contribution is -2.47. The fraction of sp³-hybridized carbons (Fsp3) is 0.308. The number of hydrogen-bond acceptors (Lipinski definition) is 3. The first kappa shape index (κ1) is 11.5. The van der Waals surface area contributed by atoms with E-state index in [1.165, 1.54) is 6.07 Å². The Labute approximate surface area is 99.2 Å². The Morgan fingerprint density at radius 1 is 1.00 bits per heavy atom. The second-order valence-corrected chi connectivity index (χ2v) is 4.49. The minimum atomic E-state index is -0.720. The van der Waals surface area contributed by atoms with Crippen molar-refractivity contribution >= 4 is 17.6 Å². The molecular weight excluding hydrogens is 218 g/mol. The molecule has 0 aromatic heterocycles. The van der Waals surface area contributed by atoms with Crippen molar-refractivity contribution in [2.45, 2.75) is 13.8 Å². The number of rotatable bonds is 2. The first-order valence-electron chi connectivity index (χ1n) is 5.52. The molecule has 0 atom stereocenters. The average Bonchev–Trinajstić information content (AvgIpc) is 2.31. The first-order valence-corrected chi connectivity index (χ1v) is 5.52. The van der Waals surface area contributed by atoms with Gasteiger partial charge in [-0.1, -0.05) is 32.0 Å². The maximum atomic E-state index is 12.1. The van der Waals surface area contributed by atoms with Crippen LogP contribution >= 0.6 is 0 Å². The fourth-order valence-electron chi connectivity index (χ4n) is 1.87. The van der Waals surface area contributed by atoms with Crippen LogP contribution in [0.5, 0.6) is 0 Å². The van der Waals surface area contributed by atoms with Crippen molar-refractivity contribution in [1.29, 1.82) is 0 Å². The van der Waals surface area contributed by atoms with E-state index in [4.69, 9.17) is 0 Å². The van der Waals surface area contributed by atoms with E-state index in [1.54, 1.807) is 18.2 Å². The summed E-state index contributed by atoms with van der Waals surface area (Å²) >= 11 is 0. The summed E-state index contributed by atoms with van der Waals surface area (Å²) in [7, 11) is 0. The number of imide groups is 1. The summed E-state index contributed by atoms with van der Waals surface area (Å²) < 4.78 is 0. The number of carbonyl (C=O) groups excluding carboxylic acids is 3. The van der Waals surface area contributed by atoms with Crippen LogP contribution in [0.1, 0.15) is 34.6 Å². The second-order valence-electron chi connectivity index (χ2n) is 4.49. The van der Waals surface area contributed by atoms with Gasteiger partial charge in [-0.2, -0.15) is 0 Å². The summed E-state index contributed by atoms with van der Waals surface area (Å²) in [5.41, 5.74) is 0.528. The molecule has 88 valence electrons. The zero-order valence-electron chi connectivity index (χ0n) is 9.77. The molecule has 0 unspecified atom stereocenters. The van der Waals surface area contributed by atoms with Gasteiger partial charge in [0.25, 0.3) is 11.7 Å². The van der Waals surface area contributed by atoms with Gasteiger partial charge in [0.15, 0.2) is 0 Å². The van der Waals surface area contributed by atoms with Crippen molar-refractivity contribution in [3.05, 3.63) is 35.4 Å². The topological polar surface area (TPSA) is 54.5 Å². The zero-order chi connectivity index (χ0) is 12.6. The van der Waals surface area contributed by atoms with Crippen LogP contribution in [-0.4, -0.2) is 29.0 Å². The maximum Gasteiger partial charge on any atom is 0.301 e. The smallest absolute Gasteiger partial charge is 0.283 e. The van der Waals surface area contributed by atoms with Gasteiger partial charge >= 0.3 is 5.91 Å². The average molecular weight is 231 g/mol. The summed E-state index contributed by atoms with van der Waals surface area (Å²) in [6.45, 7) is 4.06. The van der Waals surface area contributed by atoms with E-state index in [9.17, 15) is 14.4 Å². The highest BCUT2D eigenvalue weighted by atomic mass is 16.2. The quantitative estimate of drug-likeness (QED) is 0.572. The molecule has 17 heavy (non-hydrogen) atoms. The largest absolute Gasteiger partial charge is 0.301 e. The number of benzene rings is 1. The number of carbonyl (C=O) groups is 3. The molecule has 0 spiro atoms. The lowest BCUT2D eigenvalue weighted by atomic mass is 9.96. The van der Waals surface area contributed by atoms with Gasteiger partial charge in [-0.3, -0.25) is 19.3 Å². The maximum absolute atomic E-state index is 12.1. The fourth-order valence-corrected chi connectivity index (χ4v) is 1.87. The minimum absolute atomic E-state index is 0.140. The van der Waals surface area contributed by atoms with E-state index in [-0.39, 0.29) is 23.9 Å². The second kappa shape index (κ2) is 4.13. The highest BCUT2D eigenvalue weighted by Gasteiger charge is 2.37. The van der Waals surface area contributed by atoms with Gasteiger partial charge in [0.1, 0.15) is 0 Å². The molecule has 1 aliphatic rings. The Morgan fingerprint density at radius 2 is 1.59 bits per heavy atom. The summed E-state index contributed by atoms with van der Waals surface area (Å²) in [4.78, 5) is 36.7. The van der Waals surface area contributed by atoms with Gasteiger partial charge in [0.05, 0.1) is 5.56 Å². The zero-order valence-corrected chi connectivity index (χ0v) is 9.77. The Balaban J connectivity index is 2.47. The van der Waals surface area contributed by atoms with Crippen LogP contribution in [-0.2, 0) is 4.79 Å². The minimum Gasteiger partial charge on any atom is -0.283 e. The van der Waals surface area contributed by atoms with E-state index in [1.807, 2.05) is 13.8 Å². The highest BCUT2D eigenvalue weighted by Crippen LogP contribution is 2.20. The molecule has 0 aliphatic carbocycles. The first-order chi connectivity index (χ1) is 8.02. The molecule has 4 nitrogen and oxygen atoms in total. The summed E-state index contributed by atoms with van der Waals surface area (Å²) in [6, 6.07) is 6.43.